The molecule has 1 aliphatic heterocycles. The van der Waals surface area contributed by atoms with E-state index in [-0.39, 0.29) is 5.91 Å². The summed E-state index contributed by atoms with van der Waals surface area (Å²) in [6, 6.07) is 0.300. The maximum absolute atomic E-state index is 12.3. The van der Waals surface area contributed by atoms with Crippen LogP contribution in [-0.2, 0) is 17.6 Å². The number of hydrogen-bond donors (Lipinski definition) is 1. The summed E-state index contributed by atoms with van der Waals surface area (Å²) in [6.45, 7) is 3.85. The lowest BCUT2D eigenvalue weighted by atomic mass is 9.98. The van der Waals surface area contributed by atoms with E-state index < -0.39 is 0 Å². The molecule has 2 heterocycles. The number of carbonyl (C=O) groups is 1. The number of nitrogens with zero attached hydrogens (tertiary/aromatic N) is 2. The lowest BCUT2D eigenvalue weighted by Crippen LogP contribution is -2.34. The van der Waals surface area contributed by atoms with Crippen LogP contribution in [0.1, 0.15) is 30.5 Å². The first-order valence-corrected chi connectivity index (χ1v) is 8.02. The summed E-state index contributed by atoms with van der Waals surface area (Å²) >= 11 is 1.65. The molecule has 2 fully saturated rings. The summed E-state index contributed by atoms with van der Waals surface area (Å²) in [5, 5.41) is 3.13. The van der Waals surface area contributed by atoms with E-state index in [1.807, 2.05) is 10.3 Å². The SMILES string of the molecule is CCc1nc(CC(=O)N2CC3CCC(N)C3C2)cs1. The third-order valence-electron chi connectivity index (χ3n) is 4.50. The Balaban J connectivity index is 1.59. The normalized spacial score (nSPS) is 29.8. The molecule has 1 saturated carbocycles. The number of aromatic nitrogens is 1. The fourth-order valence-corrected chi connectivity index (χ4v) is 4.12. The van der Waals surface area contributed by atoms with Gasteiger partial charge in [0.05, 0.1) is 17.1 Å². The summed E-state index contributed by atoms with van der Waals surface area (Å²) in [7, 11) is 0. The van der Waals surface area contributed by atoms with Gasteiger partial charge in [-0.15, -0.1) is 11.3 Å². The van der Waals surface area contributed by atoms with Gasteiger partial charge in [0, 0.05) is 24.5 Å². The number of hydrogen-bond acceptors (Lipinski definition) is 4. The van der Waals surface area contributed by atoms with Gasteiger partial charge >= 0.3 is 0 Å². The first-order chi connectivity index (χ1) is 9.17. The van der Waals surface area contributed by atoms with E-state index in [9.17, 15) is 4.79 Å². The van der Waals surface area contributed by atoms with Gasteiger partial charge in [-0.1, -0.05) is 6.92 Å². The fraction of sp³-hybridized carbons (Fsp3) is 0.714. The van der Waals surface area contributed by atoms with Gasteiger partial charge < -0.3 is 10.6 Å². The van der Waals surface area contributed by atoms with Crippen molar-refractivity contribution in [3.63, 3.8) is 0 Å². The second-order valence-electron chi connectivity index (χ2n) is 5.73. The highest BCUT2D eigenvalue weighted by molar-refractivity contribution is 7.09. The Labute approximate surface area is 118 Å². The van der Waals surface area contributed by atoms with Crippen LogP contribution in [0.25, 0.3) is 0 Å². The van der Waals surface area contributed by atoms with Gasteiger partial charge in [0.1, 0.15) is 0 Å². The Morgan fingerprint density at radius 3 is 3.05 bits per heavy atom. The number of carbonyl (C=O) groups excluding carboxylic acids is 1. The largest absolute Gasteiger partial charge is 0.342 e. The molecule has 5 heteroatoms. The third kappa shape index (κ3) is 2.54. The van der Waals surface area contributed by atoms with Gasteiger partial charge in [-0.25, -0.2) is 4.98 Å². The highest BCUT2D eigenvalue weighted by Gasteiger charge is 2.42. The van der Waals surface area contributed by atoms with Gasteiger partial charge in [-0.05, 0) is 31.1 Å². The van der Waals surface area contributed by atoms with Crippen molar-refractivity contribution in [2.24, 2.45) is 17.6 Å². The summed E-state index contributed by atoms with van der Waals surface area (Å²) in [4.78, 5) is 18.8. The van der Waals surface area contributed by atoms with Gasteiger partial charge in [-0.2, -0.15) is 0 Å². The topological polar surface area (TPSA) is 59.2 Å². The van der Waals surface area contributed by atoms with Crippen molar-refractivity contribution in [3.8, 4) is 0 Å². The number of nitrogens with two attached hydrogens (primary N) is 1. The number of rotatable bonds is 3. The van der Waals surface area contributed by atoms with Crippen LogP contribution < -0.4 is 5.73 Å². The first kappa shape index (κ1) is 13.1. The number of likely N-dealkylation sites (tertiary alicyclic amines) is 1. The van der Waals surface area contributed by atoms with Crippen LogP contribution in [0, 0.1) is 11.8 Å². The van der Waals surface area contributed by atoms with E-state index in [4.69, 9.17) is 5.73 Å². The summed E-state index contributed by atoms with van der Waals surface area (Å²) in [5.74, 6) is 1.39. The Bertz CT molecular complexity index is 473. The van der Waals surface area contributed by atoms with Crippen molar-refractivity contribution >= 4 is 17.2 Å². The maximum atomic E-state index is 12.3. The number of thiazole rings is 1. The molecule has 104 valence electrons. The van der Waals surface area contributed by atoms with Crippen molar-refractivity contribution in [2.45, 2.75) is 38.6 Å². The Morgan fingerprint density at radius 2 is 2.37 bits per heavy atom. The van der Waals surface area contributed by atoms with Crippen LogP contribution in [0.5, 0.6) is 0 Å². The number of fused-ring (bicyclic) bond motifs is 1. The zero-order chi connectivity index (χ0) is 13.4. The molecule has 0 spiro atoms. The molecule has 0 bridgehead atoms. The first-order valence-electron chi connectivity index (χ1n) is 7.14. The Kier molecular flexibility index (Phi) is 3.58. The Morgan fingerprint density at radius 1 is 1.53 bits per heavy atom. The minimum absolute atomic E-state index is 0.217. The standard InChI is InChI=1S/C14H21N3OS/c1-2-13-16-10(8-19-13)5-14(18)17-6-9-3-4-12(15)11(9)7-17/h8-9,11-12H,2-7,15H2,1H3. The van der Waals surface area contributed by atoms with Crippen LogP contribution in [0.4, 0.5) is 0 Å². The van der Waals surface area contributed by atoms with Crippen molar-refractivity contribution in [1.82, 2.24) is 9.88 Å². The number of amides is 1. The van der Waals surface area contributed by atoms with Crippen molar-refractivity contribution in [1.29, 1.82) is 0 Å². The quantitative estimate of drug-likeness (QED) is 0.911. The number of aryl methyl sites for hydroxylation is 1. The average Bonchev–Trinajstić information content (AvgIpc) is 3.07. The molecule has 3 unspecified atom stereocenters. The molecule has 2 aliphatic rings. The van der Waals surface area contributed by atoms with E-state index in [0.29, 0.717) is 24.3 Å². The average molecular weight is 279 g/mol. The molecule has 2 N–H and O–H groups in total. The van der Waals surface area contributed by atoms with E-state index in [1.165, 1.54) is 6.42 Å². The molecule has 1 aliphatic carbocycles. The van der Waals surface area contributed by atoms with Crippen LogP contribution in [-0.4, -0.2) is 34.9 Å². The van der Waals surface area contributed by atoms with Crippen molar-refractivity contribution in [3.05, 3.63) is 16.1 Å². The summed E-state index contributed by atoms with van der Waals surface area (Å²) in [5.41, 5.74) is 7.03. The molecule has 19 heavy (non-hydrogen) atoms. The van der Waals surface area contributed by atoms with Crippen molar-refractivity contribution < 1.29 is 4.79 Å². The minimum atomic E-state index is 0.217. The smallest absolute Gasteiger partial charge is 0.228 e. The molecule has 1 saturated heterocycles. The molecule has 3 rings (SSSR count). The monoisotopic (exact) mass is 279 g/mol. The van der Waals surface area contributed by atoms with E-state index in [1.54, 1.807) is 11.3 Å². The van der Waals surface area contributed by atoms with Crippen molar-refractivity contribution in [2.75, 3.05) is 13.1 Å². The zero-order valence-corrected chi connectivity index (χ0v) is 12.2. The molecule has 0 aromatic carbocycles. The predicted octanol–water partition coefficient (Wildman–Crippen LogP) is 1.44. The van der Waals surface area contributed by atoms with E-state index in [0.717, 1.165) is 36.6 Å². The second kappa shape index (κ2) is 5.21. The van der Waals surface area contributed by atoms with E-state index in [2.05, 4.69) is 11.9 Å². The zero-order valence-electron chi connectivity index (χ0n) is 11.3. The predicted molar refractivity (Wildman–Crippen MR) is 76.0 cm³/mol. The molecule has 0 radical (unpaired) electrons. The van der Waals surface area contributed by atoms with Crippen LogP contribution in [0.15, 0.2) is 5.38 Å². The molecule has 4 nitrogen and oxygen atoms in total. The molecule has 1 aromatic heterocycles. The van der Waals surface area contributed by atoms with Crippen LogP contribution in [0.2, 0.25) is 0 Å². The fourth-order valence-electron chi connectivity index (χ4n) is 3.37. The molecule has 1 amide bonds. The third-order valence-corrected chi connectivity index (χ3v) is 5.54. The van der Waals surface area contributed by atoms with Gasteiger partial charge in [-0.3, -0.25) is 4.79 Å². The maximum Gasteiger partial charge on any atom is 0.228 e. The van der Waals surface area contributed by atoms with Gasteiger partial charge in [0.15, 0.2) is 0 Å². The summed E-state index contributed by atoms with van der Waals surface area (Å²) in [6.07, 6.45) is 3.71. The Hall–Kier alpha value is -0.940. The molecular formula is C14H21N3OS. The highest BCUT2D eigenvalue weighted by Crippen LogP contribution is 2.37. The van der Waals surface area contributed by atoms with Gasteiger partial charge in [0.25, 0.3) is 0 Å². The molecule has 1 aromatic rings. The molecular weight excluding hydrogens is 258 g/mol. The molecule has 3 atom stereocenters. The van der Waals surface area contributed by atoms with E-state index >= 15 is 0 Å². The summed E-state index contributed by atoms with van der Waals surface area (Å²) < 4.78 is 0. The lowest BCUT2D eigenvalue weighted by molar-refractivity contribution is -0.129. The van der Waals surface area contributed by atoms with Gasteiger partial charge in [0.2, 0.25) is 5.91 Å². The highest BCUT2D eigenvalue weighted by atomic mass is 32.1. The second-order valence-corrected chi connectivity index (χ2v) is 6.67. The lowest BCUT2D eigenvalue weighted by Gasteiger charge is -2.18. The van der Waals surface area contributed by atoms with Crippen LogP contribution >= 0.6 is 11.3 Å². The minimum Gasteiger partial charge on any atom is -0.342 e. The van der Waals surface area contributed by atoms with Crippen LogP contribution in [0.3, 0.4) is 0 Å².